The number of piperazine rings is 1. The van der Waals surface area contributed by atoms with E-state index in [-0.39, 0.29) is 6.10 Å². The molecule has 0 aliphatic carbocycles. The second-order valence-electron chi connectivity index (χ2n) is 5.95. The highest BCUT2D eigenvalue weighted by atomic mass is 16.3. The van der Waals surface area contributed by atoms with Gasteiger partial charge in [0.25, 0.3) is 0 Å². The van der Waals surface area contributed by atoms with E-state index in [4.69, 9.17) is 0 Å². The highest BCUT2D eigenvalue weighted by Gasteiger charge is 2.17. The van der Waals surface area contributed by atoms with Crippen LogP contribution in [0.5, 0.6) is 0 Å². The quantitative estimate of drug-likeness (QED) is 0.903. The van der Waals surface area contributed by atoms with E-state index in [9.17, 15) is 5.11 Å². The molecule has 0 spiro atoms. The summed E-state index contributed by atoms with van der Waals surface area (Å²) < 4.78 is 0. The predicted molar refractivity (Wildman–Crippen MR) is 80.6 cm³/mol. The summed E-state index contributed by atoms with van der Waals surface area (Å²) in [5.74, 6) is 0.747. The second-order valence-corrected chi connectivity index (χ2v) is 5.95. The van der Waals surface area contributed by atoms with E-state index in [1.54, 1.807) is 6.92 Å². The Morgan fingerprint density at radius 1 is 1.00 bits per heavy atom. The van der Waals surface area contributed by atoms with Crippen LogP contribution in [0.2, 0.25) is 0 Å². The van der Waals surface area contributed by atoms with E-state index in [0.29, 0.717) is 0 Å². The number of nitrogens with zero attached hydrogens (tertiary/aromatic N) is 2. The van der Waals surface area contributed by atoms with Gasteiger partial charge in [-0.25, -0.2) is 0 Å². The Morgan fingerprint density at radius 2 is 1.58 bits per heavy atom. The van der Waals surface area contributed by atoms with Crippen LogP contribution >= 0.6 is 0 Å². The van der Waals surface area contributed by atoms with Crippen molar-refractivity contribution in [1.82, 2.24) is 4.90 Å². The molecule has 0 unspecified atom stereocenters. The van der Waals surface area contributed by atoms with Crippen molar-refractivity contribution < 1.29 is 5.11 Å². The minimum atomic E-state index is -0.378. The highest BCUT2D eigenvalue weighted by molar-refractivity contribution is 5.48. The molecule has 19 heavy (non-hydrogen) atoms. The minimum absolute atomic E-state index is 0.378. The first-order valence-electron chi connectivity index (χ1n) is 7.31. The van der Waals surface area contributed by atoms with Crippen molar-refractivity contribution in [2.24, 2.45) is 5.92 Å². The van der Waals surface area contributed by atoms with Gasteiger partial charge >= 0.3 is 0 Å². The van der Waals surface area contributed by atoms with Crippen molar-refractivity contribution >= 4 is 5.69 Å². The fourth-order valence-corrected chi connectivity index (χ4v) is 2.67. The van der Waals surface area contributed by atoms with Crippen molar-refractivity contribution in [2.75, 3.05) is 37.6 Å². The minimum Gasteiger partial charge on any atom is -0.389 e. The lowest BCUT2D eigenvalue weighted by molar-refractivity contribution is 0.199. The first-order valence-corrected chi connectivity index (χ1v) is 7.31. The van der Waals surface area contributed by atoms with E-state index in [0.717, 1.165) is 37.7 Å². The van der Waals surface area contributed by atoms with Crippen molar-refractivity contribution in [3.8, 4) is 0 Å². The highest BCUT2D eigenvalue weighted by Crippen LogP contribution is 2.20. The molecule has 1 heterocycles. The number of aliphatic hydroxyl groups is 1. The Hall–Kier alpha value is -1.06. The lowest BCUT2D eigenvalue weighted by Gasteiger charge is -2.36. The van der Waals surface area contributed by atoms with Gasteiger partial charge in [0.2, 0.25) is 0 Å². The molecule has 0 saturated carbocycles. The largest absolute Gasteiger partial charge is 0.389 e. The maximum absolute atomic E-state index is 9.52. The van der Waals surface area contributed by atoms with E-state index >= 15 is 0 Å². The molecule has 3 nitrogen and oxygen atoms in total. The van der Waals surface area contributed by atoms with Gasteiger partial charge in [-0.05, 0) is 30.5 Å². The molecule has 0 bridgehead atoms. The molecule has 1 aliphatic rings. The van der Waals surface area contributed by atoms with Gasteiger partial charge in [-0.15, -0.1) is 0 Å². The molecule has 0 aromatic heterocycles. The Labute approximate surface area is 116 Å². The van der Waals surface area contributed by atoms with Crippen molar-refractivity contribution in [2.45, 2.75) is 26.9 Å². The van der Waals surface area contributed by atoms with Gasteiger partial charge in [-0.2, -0.15) is 0 Å². The molecule has 1 saturated heterocycles. The Bertz CT molecular complexity index is 378. The molecule has 0 radical (unpaired) electrons. The van der Waals surface area contributed by atoms with Crippen LogP contribution in [0.15, 0.2) is 24.3 Å². The first-order chi connectivity index (χ1) is 9.06. The molecular formula is C16H26N2O. The molecular weight excluding hydrogens is 236 g/mol. The lowest BCUT2D eigenvalue weighted by atomic mass is 10.1. The summed E-state index contributed by atoms with van der Waals surface area (Å²) in [6.07, 6.45) is -0.378. The topological polar surface area (TPSA) is 26.7 Å². The standard InChI is InChI=1S/C16H26N2O/c1-13(2)12-17-8-10-18(11-9-17)16-6-4-15(5-7-16)14(3)19/h4-7,13-14,19H,8-12H2,1-3H3/t14-/m0/s1. The molecule has 1 aromatic rings. The summed E-state index contributed by atoms with van der Waals surface area (Å²) in [6, 6.07) is 8.31. The fraction of sp³-hybridized carbons (Fsp3) is 0.625. The average Bonchev–Trinajstić information content (AvgIpc) is 2.39. The average molecular weight is 262 g/mol. The third-order valence-corrected chi connectivity index (χ3v) is 3.74. The van der Waals surface area contributed by atoms with Gasteiger partial charge in [-0.3, -0.25) is 4.90 Å². The van der Waals surface area contributed by atoms with Crippen LogP contribution in [-0.4, -0.2) is 42.7 Å². The number of aliphatic hydroxyl groups excluding tert-OH is 1. The predicted octanol–water partition coefficient (Wildman–Crippen LogP) is 2.52. The molecule has 0 amide bonds. The summed E-state index contributed by atoms with van der Waals surface area (Å²) in [4.78, 5) is 4.98. The van der Waals surface area contributed by atoms with Gasteiger partial charge < -0.3 is 10.0 Å². The molecule has 2 rings (SSSR count). The summed E-state index contributed by atoms with van der Waals surface area (Å²) in [5.41, 5.74) is 2.26. The van der Waals surface area contributed by atoms with Crippen LogP contribution in [0.3, 0.4) is 0 Å². The Kier molecular flexibility index (Phi) is 4.83. The van der Waals surface area contributed by atoms with Crippen LogP contribution in [-0.2, 0) is 0 Å². The van der Waals surface area contributed by atoms with Crippen LogP contribution in [0, 0.1) is 5.92 Å². The third-order valence-electron chi connectivity index (χ3n) is 3.74. The smallest absolute Gasteiger partial charge is 0.0761 e. The zero-order chi connectivity index (χ0) is 13.8. The monoisotopic (exact) mass is 262 g/mol. The van der Waals surface area contributed by atoms with Gasteiger partial charge in [-0.1, -0.05) is 26.0 Å². The van der Waals surface area contributed by atoms with Crippen LogP contribution in [0.25, 0.3) is 0 Å². The first kappa shape index (κ1) is 14.4. The molecule has 106 valence electrons. The van der Waals surface area contributed by atoms with E-state index in [1.807, 2.05) is 12.1 Å². The van der Waals surface area contributed by atoms with E-state index in [1.165, 1.54) is 12.2 Å². The van der Waals surface area contributed by atoms with Crippen LogP contribution < -0.4 is 4.90 Å². The van der Waals surface area contributed by atoms with Crippen molar-refractivity contribution in [1.29, 1.82) is 0 Å². The van der Waals surface area contributed by atoms with Gasteiger partial charge in [0.05, 0.1) is 6.10 Å². The molecule has 1 aromatic carbocycles. The van der Waals surface area contributed by atoms with Crippen molar-refractivity contribution in [3.05, 3.63) is 29.8 Å². The SMILES string of the molecule is CC(C)CN1CCN(c2ccc([C@H](C)O)cc2)CC1. The van der Waals surface area contributed by atoms with Crippen LogP contribution in [0.4, 0.5) is 5.69 Å². The number of hydrogen-bond acceptors (Lipinski definition) is 3. The maximum Gasteiger partial charge on any atom is 0.0761 e. The van der Waals surface area contributed by atoms with Crippen LogP contribution in [0.1, 0.15) is 32.4 Å². The van der Waals surface area contributed by atoms with E-state index < -0.39 is 0 Å². The number of benzene rings is 1. The number of rotatable bonds is 4. The molecule has 1 atom stereocenters. The Morgan fingerprint density at radius 3 is 2.05 bits per heavy atom. The Balaban J connectivity index is 1.90. The normalized spacial score (nSPS) is 18.9. The lowest BCUT2D eigenvalue weighted by Crippen LogP contribution is -2.47. The maximum atomic E-state index is 9.52. The molecule has 1 fully saturated rings. The molecule has 1 aliphatic heterocycles. The zero-order valence-electron chi connectivity index (χ0n) is 12.3. The van der Waals surface area contributed by atoms with E-state index in [2.05, 4.69) is 35.8 Å². The molecule has 1 N–H and O–H groups in total. The van der Waals surface area contributed by atoms with Gasteiger partial charge in [0.1, 0.15) is 0 Å². The second kappa shape index (κ2) is 6.40. The third kappa shape index (κ3) is 3.95. The molecule has 3 heteroatoms. The summed E-state index contributed by atoms with van der Waals surface area (Å²) >= 11 is 0. The summed E-state index contributed by atoms with van der Waals surface area (Å²) in [6.45, 7) is 12.1. The number of hydrogen-bond donors (Lipinski definition) is 1. The van der Waals surface area contributed by atoms with Crippen molar-refractivity contribution in [3.63, 3.8) is 0 Å². The van der Waals surface area contributed by atoms with Gasteiger partial charge in [0, 0.05) is 38.4 Å². The van der Waals surface area contributed by atoms with Gasteiger partial charge in [0.15, 0.2) is 0 Å². The zero-order valence-corrected chi connectivity index (χ0v) is 12.3. The summed E-state index contributed by atoms with van der Waals surface area (Å²) in [7, 11) is 0. The number of anilines is 1. The summed E-state index contributed by atoms with van der Waals surface area (Å²) in [5, 5.41) is 9.52. The fourth-order valence-electron chi connectivity index (χ4n) is 2.67.